The highest BCUT2D eigenvalue weighted by Gasteiger charge is 2.41. The Hall–Kier alpha value is -3.16. The summed E-state index contributed by atoms with van der Waals surface area (Å²) < 4.78 is 20.0. The lowest BCUT2D eigenvalue weighted by Gasteiger charge is -2.28. The average Bonchev–Trinajstić information content (AvgIpc) is 2.98. The number of hydrogen-bond acceptors (Lipinski definition) is 5. The van der Waals surface area contributed by atoms with Gasteiger partial charge in [0.2, 0.25) is 0 Å². The van der Waals surface area contributed by atoms with E-state index in [-0.39, 0.29) is 18.1 Å². The summed E-state index contributed by atoms with van der Waals surface area (Å²) in [6.07, 6.45) is 0. The van der Waals surface area contributed by atoms with Crippen molar-refractivity contribution in [3.05, 3.63) is 73.3 Å². The summed E-state index contributed by atoms with van der Waals surface area (Å²) in [6.45, 7) is 4.33. The fourth-order valence-electron chi connectivity index (χ4n) is 3.62. The van der Waals surface area contributed by atoms with Gasteiger partial charge in [-0.05, 0) is 23.6 Å². The molecule has 2 aromatic rings. The maximum atomic E-state index is 13.4. The number of fused-ring (bicyclic) bond motifs is 1. The van der Waals surface area contributed by atoms with Gasteiger partial charge in [0.05, 0.1) is 22.8 Å². The molecule has 3 heterocycles. The van der Waals surface area contributed by atoms with E-state index >= 15 is 0 Å². The Morgan fingerprint density at radius 2 is 1.93 bits per heavy atom. The lowest BCUT2D eigenvalue weighted by Crippen LogP contribution is -2.39. The Kier molecular flexibility index (Phi) is 3.98. The molecule has 0 fully saturated rings. The van der Waals surface area contributed by atoms with E-state index in [1.807, 2.05) is 13.8 Å². The summed E-state index contributed by atoms with van der Waals surface area (Å²) in [6, 6.07) is 5.61. The van der Waals surface area contributed by atoms with Crippen molar-refractivity contribution in [1.29, 1.82) is 0 Å². The van der Waals surface area contributed by atoms with Crippen molar-refractivity contribution in [3.63, 3.8) is 0 Å². The number of rotatable bonds is 3. The predicted octanol–water partition coefficient (Wildman–Crippen LogP) is 1.70. The standard InChI is InChI=1S/C19H18FN3O4/c1-9(2)7-23-16-15(17(24)22-19(23)26)13(10-3-5-11(20)6-4-10)14-12(21-16)8-27-18(14)25/h3-6,9,13,21H,7-8H2,1-2H3,(H,22,24,26). The van der Waals surface area contributed by atoms with Gasteiger partial charge >= 0.3 is 11.7 Å². The second-order valence-electron chi connectivity index (χ2n) is 7.10. The molecule has 2 aliphatic rings. The molecule has 1 aromatic heterocycles. The minimum absolute atomic E-state index is 0.0357. The van der Waals surface area contributed by atoms with Crippen LogP contribution in [-0.4, -0.2) is 22.1 Å². The van der Waals surface area contributed by atoms with Crippen LogP contribution >= 0.6 is 0 Å². The molecule has 0 spiro atoms. The average molecular weight is 371 g/mol. The van der Waals surface area contributed by atoms with Crippen molar-refractivity contribution < 1.29 is 13.9 Å². The zero-order valence-electron chi connectivity index (χ0n) is 14.8. The van der Waals surface area contributed by atoms with Crippen molar-refractivity contribution in [1.82, 2.24) is 9.55 Å². The molecule has 7 nitrogen and oxygen atoms in total. The van der Waals surface area contributed by atoms with E-state index in [1.165, 1.54) is 28.8 Å². The van der Waals surface area contributed by atoms with E-state index in [4.69, 9.17) is 4.74 Å². The summed E-state index contributed by atoms with van der Waals surface area (Å²) >= 11 is 0. The van der Waals surface area contributed by atoms with Crippen molar-refractivity contribution >= 4 is 11.8 Å². The highest BCUT2D eigenvalue weighted by Crippen LogP contribution is 2.42. The SMILES string of the molecule is CC(C)Cn1c2c(c(=O)[nH]c1=O)C(c1ccc(F)cc1)C1=C(COC1=O)N2. The molecular weight excluding hydrogens is 353 g/mol. The van der Waals surface area contributed by atoms with Gasteiger partial charge in [-0.2, -0.15) is 0 Å². The van der Waals surface area contributed by atoms with Gasteiger partial charge in [0, 0.05) is 6.54 Å². The van der Waals surface area contributed by atoms with E-state index < -0.39 is 29.0 Å². The van der Waals surface area contributed by atoms with E-state index in [0.29, 0.717) is 29.2 Å². The second-order valence-corrected chi connectivity index (χ2v) is 7.10. The third kappa shape index (κ3) is 2.77. The monoisotopic (exact) mass is 371 g/mol. The number of aromatic nitrogens is 2. The van der Waals surface area contributed by atoms with Crippen LogP contribution in [0.15, 0.2) is 45.1 Å². The molecule has 0 aliphatic carbocycles. The summed E-state index contributed by atoms with van der Waals surface area (Å²) in [5.41, 5.74) is 0.555. The first-order valence-corrected chi connectivity index (χ1v) is 8.66. The summed E-state index contributed by atoms with van der Waals surface area (Å²) in [5, 5.41) is 3.06. The minimum Gasteiger partial charge on any atom is -0.456 e. The molecule has 140 valence electrons. The van der Waals surface area contributed by atoms with Crippen molar-refractivity contribution in [2.75, 3.05) is 11.9 Å². The topological polar surface area (TPSA) is 93.2 Å². The Labute approximate surface area is 153 Å². The van der Waals surface area contributed by atoms with Crippen LogP contribution < -0.4 is 16.6 Å². The van der Waals surface area contributed by atoms with Gasteiger partial charge in [-0.15, -0.1) is 0 Å². The van der Waals surface area contributed by atoms with Gasteiger partial charge in [-0.25, -0.2) is 14.0 Å². The zero-order valence-corrected chi connectivity index (χ0v) is 14.8. The summed E-state index contributed by atoms with van der Waals surface area (Å²) in [5.74, 6) is -1.19. The lowest BCUT2D eigenvalue weighted by atomic mass is 9.83. The van der Waals surface area contributed by atoms with Crippen LogP contribution in [0.25, 0.3) is 0 Å². The maximum absolute atomic E-state index is 13.4. The number of esters is 1. The molecular formula is C19H18FN3O4. The number of hydrogen-bond donors (Lipinski definition) is 2. The number of benzene rings is 1. The largest absolute Gasteiger partial charge is 0.456 e. The Balaban J connectivity index is 2.01. The molecule has 1 aromatic carbocycles. The molecule has 4 rings (SSSR count). The molecule has 2 aliphatic heterocycles. The number of cyclic esters (lactones) is 1. The highest BCUT2D eigenvalue weighted by molar-refractivity contribution is 5.96. The number of anilines is 1. The Morgan fingerprint density at radius 3 is 2.59 bits per heavy atom. The first kappa shape index (κ1) is 17.3. The van der Waals surface area contributed by atoms with Gasteiger partial charge in [-0.1, -0.05) is 26.0 Å². The van der Waals surface area contributed by atoms with E-state index in [9.17, 15) is 18.8 Å². The maximum Gasteiger partial charge on any atom is 0.337 e. The number of carbonyl (C=O) groups is 1. The van der Waals surface area contributed by atoms with Crippen LogP contribution in [0.3, 0.4) is 0 Å². The molecule has 27 heavy (non-hydrogen) atoms. The number of H-pyrrole nitrogens is 1. The van der Waals surface area contributed by atoms with Crippen LogP contribution in [0.4, 0.5) is 10.2 Å². The fourth-order valence-corrected chi connectivity index (χ4v) is 3.62. The van der Waals surface area contributed by atoms with Crippen LogP contribution in [0.2, 0.25) is 0 Å². The van der Waals surface area contributed by atoms with Gasteiger partial charge in [-0.3, -0.25) is 14.3 Å². The number of nitrogens with one attached hydrogen (secondary N) is 2. The number of carbonyl (C=O) groups excluding carboxylic acids is 1. The minimum atomic E-state index is -0.741. The van der Waals surface area contributed by atoms with Gasteiger partial charge in [0.25, 0.3) is 5.56 Å². The van der Waals surface area contributed by atoms with Crippen molar-refractivity contribution in [2.45, 2.75) is 26.3 Å². The fraction of sp³-hybridized carbons (Fsp3) is 0.316. The molecule has 1 atom stereocenters. The predicted molar refractivity (Wildman–Crippen MR) is 96.0 cm³/mol. The Bertz CT molecular complexity index is 1080. The first-order chi connectivity index (χ1) is 12.9. The van der Waals surface area contributed by atoms with Crippen molar-refractivity contribution in [3.8, 4) is 0 Å². The molecule has 1 unspecified atom stereocenters. The van der Waals surface area contributed by atoms with E-state index in [1.54, 1.807) is 0 Å². The quantitative estimate of drug-likeness (QED) is 0.801. The molecule has 0 saturated carbocycles. The molecule has 0 saturated heterocycles. The zero-order chi connectivity index (χ0) is 19.3. The summed E-state index contributed by atoms with van der Waals surface area (Å²) in [7, 11) is 0. The third-order valence-corrected chi connectivity index (χ3v) is 4.73. The van der Waals surface area contributed by atoms with Crippen molar-refractivity contribution in [2.24, 2.45) is 5.92 Å². The van der Waals surface area contributed by atoms with Crippen LogP contribution in [0.5, 0.6) is 0 Å². The van der Waals surface area contributed by atoms with Gasteiger partial charge in [0.15, 0.2) is 0 Å². The molecule has 2 N–H and O–H groups in total. The van der Waals surface area contributed by atoms with Crippen LogP contribution in [-0.2, 0) is 16.1 Å². The van der Waals surface area contributed by atoms with Gasteiger partial charge in [0.1, 0.15) is 18.2 Å². The highest BCUT2D eigenvalue weighted by atomic mass is 19.1. The smallest absolute Gasteiger partial charge is 0.337 e. The third-order valence-electron chi connectivity index (χ3n) is 4.73. The second kappa shape index (κ2) is 6.22. The lowest BCUT2D eigenvalue weighted by molar-refractivity contribution is -0.136. The summed E-state index contributed by atoms with van der Waals surface area (Å²) in [4.78, 5) is 39.8. The van der Waals surface area contributed by atoms with Crippen LogP contribution in [0, 0.1) is 11.7 Å². The number of nitrogens with zero attached hydrogens (tertiary/aromatic N) is 1. The normalized spacial score (nSPS) is 18.2. The van der Waals surface area contributed by atoms with Crippen LogP contribution in [0.1, 0.15) is 30.9 Å². The molecule has 8 heteroatoms. The van der Waals surface area contributed by atoms with E-state index in [0.717, 1.165) is 0 Å². The number of ether oxygens (including phenoxy) is 1. The van der Waals surface area contributed by atoms with E-state index in [2.05, 4.69) is 10.3 Å². The number of halogens is 1. The number of aromatic amines is 1. The molecule has 0 bridgehead atoms. The Morgan fingerprint density at radius 1 is 1.22 bits per heavy atom. The van der Waals surface area contributed by atoms with Gasteiger partial charge < -0.3 is 10.1 Å². The first-order valence-electron chi connectivity index (χ1n) is 8.66. The molecule has 0 amide bonds. The molecule has 0 radical (unpaired) electrons.